The molecule has 7 heteroatoms. The molecule has 1 aliphatic heterocycles. The van der Waals surface area contributed by atoms with Crippen molar-refractivity contribution in [1.82, 2.24) is 9.88 Å². The Morgan fingerprint density at radius 3 is 3.04 bits per heavy atom. The van der Waals surface area contributed by atoms with E-state index in [-0.39, 0.29) is 17.8 Å². The summed E-state index contributed by atoms with van der Waals surface area (Å²) in [7, 11) is 0. The number of Topliss-reactive ketones (excluding diaryl/α,β-unsaturated/α-hetero) is 1. The lowest BCUT2D eigenvalue weighted by atomic mass is 10.2. The SMILES string of the molecule is CC(=O)CCc1ccc(C(=O)N2CCC(Oc3nccs3)C2)s1. The minimum Gasteiger partial charge on any atom is -0.465 e. The van der Waals surface area contributed by atoms with Gasteiger partial charge in [-0.2, -0.15) is 0 Å². The Balaban J connectivity index is 1.55. The number of carbonyl (C=O) groups excluding carboxylic acids is 2. The zero-order valence-electron chi connectivity index (χ0n) is 12.9. The van der Waals surface area contributed by atoms with Gasteiger partial charge in [-0.15, -0.1) is 11.3 Å². The maximum Gasteiger partial charge on any atom is 0.273 e. The first-order valence-electron chi connectivity index (χ1n) is 7.55. The number of hydrogen-bond donors (Lipinski definition) is 0. The summed E-state index contributed by atoms with van der Waals surface area (Å²) < 4.78 is 5.78. The predicted molar refractivity (Wildman–Crippen MR) is 90.4 cm³/mol. The van der Waals surface area contributed by atoms with Gasteiger partial charge in [-0.1, -0.05) is 11.3 Å². The van der Waals surface area contributed by atoms with E-state index in [1.54, 1.807) is 13.1 Å². The highest BCUT2D eigenvalue weighted by Gasteiger charge is 2.29. The van der Waals surface area contributed by atoms with Crippen LogP contribution in [0.15, 0.2) is 23.7 Å². The lowest BCUT2D eigenvalue weighted by Gasteiger charge is -2.15. The molecule has 1 aliphatic rings. The van der Waals surface area contributed by atoms with E-state index in [0.29, 0.717) is 31.1 Å². The minimum atomic E-state index is 0.0160. The Kier molecular flexibility index (Phi) is 5.07. The number of thiophene rings is 1. The highest BCUT2D eigenvalue weighted by atomic mass is 32.1. The molecule has 0 aliphatic carbocycles. The van der Waals surface area contributed by atoms with Crippen LogP contribution in [-0.2, 0) is 11.2 Å². The van der Waals surface area contributed by atoms with Crippen molar-refractivity contribution in [1.29, 1.82) is 0 Å². The highest BCUT2D eigenvalue weighted by molar-refractivity contribution is 7.14. The van der Waals surface area contributed by atoms with Crippen LogP contribution in [-0.4, -0.2) is 40.8 Å². The molecule has 0 bridgehead atoms. The third-order valence-electron chi connectivity index (χ3n) is 3.71. The van der Waals surface area contributed by atoms with E-state index >= 15 is 0 Å². The zero-order chi connectivity index (χ0) is 16.2. The topological polar surface area (TPSA) is 59.5 Å². The smallest absolute Gasteiger partial charge is 0.273 e. The average molecular weight is 350 g/mol. The Morgan fingerprint density at radius 2 is 2.30 bits per heavy atom. The first-order valence-corrected chi connectivity index (χ1v) is 9.25. The van der Waals surface area contributed by atoms with E-state index in [0.717, 1.165) is 16.2 Å². The number of aryl methyl sites for hydroxylation is 1. The van der Waals surface area contributed by atoms with Crippen LogP contribution in [0.4, 0.5) is 0 Å². The van der Waals surface area contributed by atoms with Crippen LogP contribution in [0.5, 0.6) is 5.19 Å². The summed E-state index contributed by atoms with van der Waals surface area (Å²) in [5, 5.41) is 2.54. The summed E-state index contributed by atoms with van der Waals surface area (Å²) in [6.07, 6.45) is 3.80. The standard InChI is InChI=1S/C16H18N2O3S2/c1-11(19)2-3-13-4-5-14(23-13)15(20)18-8-6-12(10-18)21-16-17-7-9-22-16/h4-5,7,9,12H,2-3,6,8,10H2,1H3. The summed E-state index contributed by atoms with van der Waals surface area (Å²) in [4.78, 5) is 31.4. The van der Waals surface area contributed by atoms with Gasteiger partial charge >= 0.3 is 0 Å². The molecule has 5 nitrogen and oxygen atoms in total. The number of ether oxygens (including phenoxy) is 1. The first-order chi connectivity index (χ1) is 11.1. The van der Waals surface area contributed by atoms with Gasteiger partial charge in [0.1, 0.15) is 11.9 Å². The fraction of sp³-hybridized carbons (Fsp3) is 0.438. The van der Waals surface area contributed by atoms with Crippen molar-refractivity contribution in [3.05, 3.63) is 33.5 Å². The highest BCUT2D eigenvalue weighted by Crippen LogP contribution is 2.24. The van der Waals surface area contributed by atoms with Gasteiger partial charge in [0, 0.05) is 35.8 Å². The van der Waals surface area contributed by atoms with E-state index < -0.39 is 0 Å². The van der Waals surface area contributed by atoms with Gasteiger partial charge < -0.3 is 14.4 Å². The molecule has 1 saturated heterocycles. The molecular weight excluding hydrogens is 332 g/mol. The van der Waals surface area contributed by atoms with Crippen molar-refractivity contribution < 1.29 is 14.3 Å². The van der Waals surface area contributed by atoms with Gasteiger partial charge in [0.25, 0.3) is 11.1 Å². The number of thiazole rings is 1. The normalized spacial score (nSPS) is 17.4. The number of hydrogen-bond acceptors (Lipinski definition) is 6. The molecule has 1 unspecified atom stereocenters. The van der Waals surface area contributed by atoms with Crippen LogP contribution in [0.1, 0.15) is 34.3 Å². The number of rotatable bonds is 6. The molecule has 0 spiro atoms. The zero-order valence-corrected chi connectivity index (χ0v) is 14.5. The van der Waals surface area contributed by atoms with Gasteiger partial charge in [-0.05, 0) is 25.5 Å². The number of amides is 1. The monoisotopic (exact) mass is 350 g/mol. The molecule has 1 amide bonds. The molecule has 0 aromatic carbocycles. The fourth-order valence-electron chi connectivity index (χ4n) is 2.50. The van der Waals surface area contributed by atoms with Crippen molar-refractivity contribution in [2.24, 2.45) is 0 Å². The number of nitrogens with zero attached hydrogens (tertiary/aromatic N) is 2. The number of ketones is 1. The molecular formula is C16H18N2O3S2. The van der Waals surface area contributed by atoms with Crippen LogP contribution in [0.2, 0.25) is 0 Å². The molecule has 0 N–H and O–H groups in total. The Morgan fingerprint density at radius 1 is 1.43 bits per heavy atom. The summed E-state index contributed by atoms with van der Waals surface area (Å²) >= 11 is 2.95. The van der Waals surface area contributed by atoms with Crippen LogP contribution in [0, 0.1) is 0 Å². The summed E-state index contributed by atoms with van der Waals surface area (Å²) in [6.45, 7) is 2.89. The van der Waals surface area contributed by atoms with Crippen LogP contribution in [0.3, 0.4) is 0 Å². The van der Waals surface area contributed by atoms with Gasteiger partial charge in [0.2, 0.25) is 0 Å². The summed E-state index contributed by atoms with van der Waals surface area (Å²) in [6, 6.07) is 3.80. The van der Waals surface area contributed by atoms with Gasteiger partial charge in [-0.3, -0.25) is 4.79 Å². The summed E-state index contributed by atoms with van der Waals surface area (Å²) in [5.41, 5.74) is 0. The van der Waals surface area contributed by atoms with E-state index in [4.69, 9.17) is 4.74 Å². The minimum absolute atomic E-state index is 0.0160. The lowest BCUT2D eigenvalue weighted by Crippen LogP contribution is -2.30. The third kappa shape index (κ3) is 4.17. The molecule has 1 fully saturated rings. The lowest BCUT2D eigenvalue weighted by molar-refractivity contribution is -0.116. The largest absolute Gasteiger partial charge is 0.465 e. The third-order valence-corrected chi connectivity index (χ3v) is 5.50. The van der Waals surface area contributed by atoms with Crippen LogP contribution >= 0.6 is 22.7 Å². The van der Waals surface area contributed by atoms with E-state index in [9.17, 15) is 9.59 Å². The fourth-order valence-corrected chi connectivity index (χ4v) is 4.03. The molecule has 0 radical (unpaired) electrons. The predicted octanol–water partition coefficient (Wildman–Crippen LogP) is 3.02. The van der Waals surface area contributed by atoms with E-state index in [2.05, 4.69) is 4.98 Å². The Hall–Kier alpha value is -1.73. The summed E-state index contributed by atoms with van der Waals surface area (Å²) in [5.74, 6) is 0.224. The molecule has 0 saturated carbocycles. The number of likely N-dealkylation sites (tertiary alicyclic amines) is 1. The second kappa shape index (κ2) is 7.23. The van der Waals surface area contributed by atoms with Gasteiger partial charge in [0.05, 0.1) is 11.4 Å². The first kappa shape index (κ1) is 16.1. The second-order valence-corrected chi connectivity index (χ2v) is 7.57. The number of aromatic nitrogens is 1. The number of carbonyl (C=O) groups is 2. The maximum atomic E-state index is 12.5. The van der Waals surface area contributed by atoms with Gasteiger partial charge in [-0.25, -0.2) is 4.98 Å². The molecule has 2 aromatic rings. The van der Waals surface area contributed by atoms with Crippen molar-refractivity contribution >= 4 is 34.4 Å². The maximum absolute atomic E-state index is 12.5. The van der Waals surface area contributed by atoms with E-state index in [1.165, 1.54) is 22.7 Å². The molecule has 2 aromatic heterocycles. The Bertz CT molecular complexity index is 681. The molecule has 3 rings (SSSR count). The molecule has 23 heavy (non-hydrogen) atoms. The van der Waals surface area contributed by atoms with Crippen LogP contribution in [0.25, 0.3) is 0 Å². The van der Waals surface area contributed by atoms with Crippen molar-refractivity contribution in [2.45, 2.75) is 32.3 Å². The van der Waals surface area contributed by atoms with Crippen molar-refractivity contribution in [3.8, 4) is 5.19 Å². The van der Waals surface area contributed by atoms with Crippen LogP contribution < -0.4 is 4.74 Å². The molecule has 1 atom stereocenters. The van der Waals surface area contributed by atoms with Crippen molar-refractivity contribution in [3.63, 3.8) is 0 Å². The molecule has 3 heterocycles. The van der Waals surface area contributed by atoms with Crippen molar-refractivity contribution in [2.75, 3.05) is 13.1 Å². The Labute approximate surface area is 142 Å². The average Bonchev–Trinajstić information content (AvgIpc) is 3.27. The second-order valence-electron chi connectivity index (χ2n) is 5.55. The molecule has 122 valence electrons. The quantitative estimate of drug-likeness (QED) is 0.803. The van der Waals surface area contributed by atoms with Gasteiger partial charge in [0.15, 0.2) is 0 Å². The van der Waals surface area contributed by atoms with E-state index in [1.807, 2.05) is 22.4 Å².